The summed E-state index contributed by atoms with van der Waals surface area (Å²) in [7, 11) is 0. The van der Waals surface area contributed by atoms with Gasteiger partial charge in [-0.15, -0.1) is 0 Å². The van der Waals surface area contributed by atoms with Crippen LogP contribution in [0.2, 0.25) is 0 Å². The molecule has 0 fully saturated rings. The highest BCUT2D eigenvalue weighted by atomic mass is 16.4. The number of carboxylic acid groups (broad SMARTS) is 1. The lowest BCUT2D eigenvalue weighted by molar-refractivity contribution is -0.131. The molecule has 0 bridgehead atoms. The van der Waals surface area contributed by atoms with E-state index in [-0.39, 0.29) is 5.56 Å². The Balaban J connectivity index is 2.00. The van der Waals surface area contributed by atoms with Gasteiger partial charge < -0.3 is 5.11 Å². The van der Waals surface area contributed by atoms with Crippen LogP contribution in [0.25, 0.3) is 22.0 Å². The number of benzene rings is 2. The van der Waals surface area contributed by atoms with E-state index in [0.717, 1.165) is 27.7 Å². The van der Waals surface area contributed by atoms with Crippen molar-refractivity contribution < 1.29 is 14.7 Å². The van der Waals surface area contributed by atoms with Gasteiger partial charge in [0.15, 0.2) is 0 Å². The molecule has 0 saturated carbocycles. The minimum Gasteiger partial charge on any atom is -0.475 e. The summed E-state index contributed by atoms with van der Waals surface area (Å²) < 4.78 is 2.00. The Kier molecular flexibility index (Phi) is 3.93. The van der Waals surface area contributed by atoms with Crippen molar-refractivity contribution in [2.45, 2.75) is 26.8 Å². The van der Waals surface area contributed by atoms with Crippen molar-refractivity contribution in [3.05, 3.63) is 53.7 Å². The molecule has 0 amide bonds. The van der Waals surface area contributed by atoms with Gasteiger partial charge in [0.1, 0.15) is 0 Å². The van der Waals surface area contributed by atoms with Crippen molar-refractivity contribution in [2.24, 2.45) is 0 Å². The smallest absolute Gasteiger partial charge is 0.377 e. The molecule has 0 radical (unpaired) electrons. The zero-order chi connectivity index (χ0) is 17.4. The average Bonchev–Trinajstić information content (AvgIpc) is 2.91. The number of nitrogens with zero attached hydrogens (tertiary/aromatic N) is 2. The van der Waals surface area contributed by atoms with Crippen molar-refractivity contribution in [1.29, 1.82) is 0 Å². The fourth-order valence-electron chi connectivity index (χ4n) is 2.85. The molecule has 0 aliphatic carbocycles. The summed E-state index contributed by atoms with van der Waals surface area (Å²) in [4.78, 5) is 22.2. The highest BCUT2D eigenvalue weighted by molar-refractivity contribution is 6.39. The SMILES string of the molecule is Cc1c2ccc(-c3ccc(C(=O)C(=O)O)cc3)cc2nn1C(C)C. The van der Waals surface area contributed by atoms with Crippen molar-refractivity contribution in [2.75, 3.05) is 0 Å². The van der Waals surface area contributed by atoms with E-state index in [1.165, 1.54) is 12.1 Å². The van der Waals surface area contributed by atoms with Crippen LogP contribution in [0.4, 0.5) is 0 Å². The number of hydrogen-bond acceptors (Lipinski definition) is 3. The Bertz CT molecular complexity index is 937. The number of ketones is 1. The van der Waals surface area contributed by atoms with E-state index >= 15 is 0 Å². The topological polar surface area (TPSA) is 72.2 Å². The predicted octanol–water partition coefficient (Wildman–Crippen LogP) is 3.86. The van der Waals surface area contributed by atoms with E-state index in [2.05, 4.69) is 25.9 Å². The molecule has 122 valence electrons. The summed E-state index contributed by atoms with van der Waals surface area (Å²) in [6.07, 6.45) is 0. The molecule has 1 N–H and O–H groups in total. The van der Waals surface area contributed by atoms with E-state index < -0.39 is 11.8 Å². The summed E-state index contributed by atoms with van der Waals surface area (Å²) in [5, 5.41) is 14.5. The van der Waals surface area contributed by atoms with Gasteiger partial charge in [-0.05, 0) is 38.0 Å². The Morgan fingerprint density at radius 2 is 1.67 bits per heavy atom. The lowest BCUT2D eigenvalue weighted by Gasteiger charge is -2.06. The van der Waals surface area contributed by atoms with Gasteiger partial charge in [0.2, 0.25) is 0 Å². The van der Waals surface area contributed by atoms with Crippen molar-refractivity contribution in [3.8, 4) is 11.1 Å². The van der Waals surface area contributed by atoms with Crippen LogP contribution in [0.1, 0.15) is 35.9 Å². The van der Waals surface area contributed by atoms with Crippen molar-refractivity contribution in [1.82, 2.24) is 9.78 Å². The molecule has 0 atom stereocenters. The first kappa shape index (κ1) is 15.9. The number of aryl methyl sites for hydroxylation is 1. The van der Waals surface area contributed by atoms with Crippen LogP contribution in [0.15, 0.2) is 42.5 Å². The van der Waals surface area contributed by atoms with Gasteiger partial charge in [0.05, 0.1) is 5.52 Å². The third-order valence-corrected chi connectivity index (χ3v) is 4.11. The number of Topliss-reactive ketones (excluding diaryl/α,β-unsaturated/α-hetero) is 1. The monoisotopic (exact) mass is 322 g/mol. The molecule has 5 nitrogen and oxygen atoms in total. The fraction of sp³-hybridized carbons (Fsp3) is 0.211. The molecule has 0 spiro atoms. The van der Waals surface area contributed by atoms with Crippen LogP contribution >= 0.6 is 0 Å². The van der Waals surface area contributed by atoms with E-state index in [4.69, 9.17) is 5.11 Å². The third kappa shape index (κ3) is 2.69. The number of aromatic nitrogens is 2. The van der Waals surface area contributed by atoms with Gasteiger partial charge in [-0.2, -0.15) is 5.10 Å². The predicted molar refractivity (Wildman–Crippen MR) is 92.3 cm³/mol. The summed E-state index contributed by atoms with van der Waals surface area (Å²) >= 11 is 0. The van der Waals surface area contributed by atoms with E-state index in [1.807, 2.05) is 22.9 Å². The van der Waals surface area contributed by atoms with E-state index in [0.29, 0.717) is 6.04 Å². The minimum atomic E-state index is -1.45. The summed E-state index contributed by atoms with van der Waals surface area (Å²) in [6.45, 7) is 6.25. The fourth-order valence-corrected chi connectivity index (χ4v) is 2.85. The number of aliphatic carboxylic acids is 1. The molecule has 24 heavy (non-hydrogen) atoms. The Morgan fingerprint density at radius 3 is 2.25 bits per heavy atom. The second-order valence-electron chi connectivity index (χ2n) is 6.07. The summed E-state index contributed by atoms with van der Waals surface area (Å²) in [5.41, 5.74) is 4.12. The molecule has 3 rings (SSSR count). The number of rotatable bonds is 4. The quantitative estimate of drug-likeness (QED) is 0.585. The van der Waals surface area contributed by atoms with Gasteiger partial charge in [0, 0.05) is 22.7 Å². The Morgan fingerprint density at radius 1 is 1.04 bits per heavy atom. The number of carboxylic acids is 1. The van der Waals surface area contributed by atoms with Crippen LogP contribution in [0.5, 0.6) is 0 Å². The van der Waals surface area contributed by atoms with Gasteiger partial charge >= 0.3 is 5.97 Å². The van der Waals surface area contributed by atoms with Crippen molar-refractivity contribution >= 4 is 22.7 Å². The first-order valence-electron chi connectivity index (χ1n) is 7.75. The molecule has 0 saturated heterocycles. The maximum Gasteiger partial charge on any atom is 0.377 e. The molecule has 5 heteroatoms. The first-order chi connectivity index (χ1) is 11.4. The second kappa shape index (κ2) is 5.92. The highest BCUT2D eigenvalue weighted by Crippen LogP contribution is 2.27. The van der Waals surface area contributed by atoms with Crippen LogP contribution in [0, 0.1) is 6.92 Å². The first-order valence-corrected chi connectivity index (χ1v) is 7.75. The standard InChI is InChI=1S/C19H18N2O3/c1-11(2)21-12(3)16-9-8-15(10-17(16)20-21)13-4-6-14(7-5-13)18(22)19(23)24/h4-11H,1-3H3,(H,23,24). The zero-order valence-corrected chi connectivity index (χ0v) is 13.8. The largest absolute Gasteiger partial charge is 0.475 e. The summed E-state index contributed by atoms with van der Waals surface area (Å²) in [6, 6.07) is 12.9. The maximum absolute atomic E-state index is 11.5. The lowest BCUT2D eigenvalue weighted by atomic mass is 10.0. The van der Waals surface area contributed by atoms with Gasteiger partial charge in [-0.1, -0.05) is 36.4 Å². The molecule has 0 aliphatic heterocycles. The average molecular weight is 322 g/mol. The molecule has 3 aromatic rings. The number of carbonyl (C=O) groups excluding carboxylic acids is 1. The number of carbonyl (C=O) groups is 2. The molecular weight excluding hydrogens is 304 g/mol. The van der Waals surface area contributed by atoms with Gasteiger partial charge in [-0.3, -0.25) is 9.48 Å². The van der Waals surface area contributed by atoms with Gasteiger partial charge in [0.25, 0.3) is 5.78 Å². The van der Waals surface area contributed by atoms with Crippen LogP contribution in [0.3, 0.4) is 0 Å². The molecular formula is C19H18N2O3. The van der Waals surface area contributed by atoms with E-state index in [1.54, 1.807) is 12.1 Å². The lowest BCUT2D eigenvalue weighted by Crippen LogP contribution is -2.12. The van der Waals surface area contributed by atoms with Gasteiger partial charge in [-0.25, -0.2) is 4.79 Å². The zero-order valence-electron chi connectivity index (χ0n) is 13.8. The van der Waals surface area contributed by atoms with Crippen molar-refractivity contribution in [3.63, 3.8) is 0 Å². The van der Waals surface area contributed by atoms with E-state index in [9.17, 15) is 9.59 Å². The molecule has 1 aromatic heterocycles. The molecule has 1 heterocycles. The molecule has 2 aromatic carbocycles. The number of fused-ring (bicyclic) bond motifs is 1. The third-order valence-electron chi connectivity index (χ3n) is 4.11. The summed E-state index contributed by atoms with van der Waals surface area (Å²) in [5.74, 6) is -2.35. The molecule has 0 aliphatic rings. The maximum atomic E-state index is 11.5. The molecule has 0 unspecified atom stereocenters. The van der Waals surface area contributed by atoms with Crippen LogP contribution in [-0.4, -0.2) is 26.6 Å². The minimum absolute atomic E-state index is 0.173. The Hall–Kier alpha value is -2.95. The van der Waals surface area contributed by atoms with Crippen LogP contribution < -0.4 is 0 Å². The number of hydrogen-bond donors (Lipinski definition) is 1. The normalized spacial score (nSPS) is 11.2. The van der Waals surface area contributed by atoms with Crippen LogP contribution in [-0.2, 0) is 4.79 Å². The Labute approximate surface area is 139 Å². The highest BCUT2D eigenvalue weighted by Gasteiger charge is 2.14. The second-order valence-corrected chi connectivity index (χ2v) is 6.07.